The van der Waals surface area contributed by atoms with Gasteiger partial charge in [0.25, 0.3) is 11.8 Å². The molecule has 6 aromatic rings. The van der Waals surface area contributed by atoms with Gasteiger partial charge in [0.2, 0.25) is 0 Å². The van der Waals surface area contributed by atoms with Gasteiger partial charge in [0, 0.05) is 23.2 Å². The Labute approximate surface area is 295 Å². The third-order valence-electron chi connectivity index (χ3n) is 11.2. The number of pyridine rings is 2. The average molecular weight is 701 g/mol. The Hall–Kier alpha value is -5.36. The second-order valence-electron chi connectivity index (χ2n) is 13.9. The van der Waals surface area contributed by atoms with E-state index in [1.807, 2.05) is 29.2 Å². The number of amides is 1. The van der Waals surface area contributed by atoms with E-state index in [9.17, 15) is 14.0 Å². The molecule has 12 heteroatoms. The SMILES string of the molecule is COc1cccc2c1CC[C@@H]2Nc1nccc2cc(-c3c4c(nc(C[C@H]5CCc6cc(F)ccc65)c3-c3n[nH]c(=O)o3)[C@H]3CCCN3C4=O)sc12. The Morgan fingerprint density at radius 1 is 1.06 bits per heavy atom. The smallest absolute Gasteiger partial charge is 0.434 e. The molecule has 6 heterocycles. The van der Waals surface area contributed by atoms with Gasteiger partial charge in [-0.3, -0.25) is 9.78 Å². The molecule has 0 saturated carbocycles. The molecule has 10 nitrogen and oxygen atoms in total. The van der Waals surface area contributed by atoms with Crippen molar-refractivity contribution < 1.29 is 18.3 Å². The van der Waals surface area contributed by atoms with Crippen LogP contribution in [-0.4, -0.2) is 44.6 Å². The van der Waals surface area contributed by atoms with Gasteiger partial charge in [-0.25, -0.2) is 19.3 Å². The molecule has 0 bridgehead atoms. The summed E-state index contributed by atoms with van der Waals surface area (Å²) in [7, 11) is 1.71. The van der Waals surface area contributed by atoms with Gasteiger partial charge in [0.15, 0.2) is 0 Å². The Morgan fingerprint density at radius 2 is 1.98 bits per heavy atom. The molecule has 2 aliphatic carbocycles. The van der Waals surface area contributed by atoms with Gasteiger partial charge >= 0.3 is 5.76 Å². The quantitative estimate of drug-likeness (QED) is 0.175. The highest BCUT2D eigenvalue weighted by atomic mass is 32.1. The fourth-order valence-corrected chi connectivity index (χ4v) is 10.1. The third kappa shape index (κ3) is 4.76. The summed E-state index contributed by atoms with van der Waals surface area (Å²) in [6, 6.07) is 15.2. The van der Waals surface area contributed by atoms with E-state index in [-0.39, 0.29) is 35.6 Å². The van der Waals surface area contributed by atoms with Crippen LogP contribution in [0.25, 0.3) is 32.0 Å². The topological polar surface area (TPSA) is 126 Å². The molecule has 1 saturated heterocycles. The number of nitrogens with zero attached hydrogens (tertiary/aromatic N) is 4. The highest BCUT2D eigenvalue weighted by Crippen LogP contribution is 2.51. The number of aromatic amines is 1. The summed E-state index contributed by atoms with van der Waals surface area (Å²) in [4.78, 5) is 39.6. The van der Waals surface area contributed by atoms with E-state index in [0.29, 0.717) is 35.3 Å². The highest BCUT2D eigenvalue weighted by Gasteiger charge is 2.45. The molecule has 1 amide bonds. The lowest BCUT2D eigenvalue weighted by Gasteiger charge is -2.19. The van der Waals surface area contributed by atoms with Crippen LogP contribution in [0, 0.1) is 5.82 Å². The number of halogens is 1. The van der Waals surface area contributed by atoms with Gasteiger partial charge in [-0.05, 0) is 109 Å². The number of methoxy groups -OCH3 is 1. The standard InChI is InChI=1S/C39H33FN6O4S/c1-49-29-6-2-4-24-25(29)11-12-26(24)43-36-35-21(13-14-41-36)18-30(51-35)32-31(37-44-45-39(48)50-37)27(17-20-8-7-19-16-22(40)9-10-23(19)20)42-34-28-5-3-15-46(28)38(47)33(32)34/h2,4,6,9-10,13-14,16,18,20,26,28H,3,5,7-8,11-12,15,17H2,1H3,(H,41,43)(H,45,48)/t20-,26+,28-/m1/s1. The van der Waals surface area contributed by atoms with Crippen LogP contribution in [0.5, 0.6) is 5.75 Å². The first-order chi connectivity index (χ1) is 24.9. The number of fused-ring (bicyclic) bond motifs is 6. The van der Waals surface area contributed by atoms with Gasteiger partial charge in [0.1, 0.15) is 17.4 Å². The number of carbonyl (C=O) groups excluding carboxylic acids is 1. The number of ether oxygens (including phenoxy) is 1. The molecule has 2 aliphatic heterocycles. The lowest BCUT2D eigenvalue weighted by Crippen LogP contribution is -2.22. The predicted octanol–water partition coefficient (Wildman–Crippen LogP) is 7.51. The molecule has 4 aromatic heterocycles. The molecule has 10 rings (SSSR count). The van der Waals surface area contributed by atoms with E-state index in [4.69, 9.17) is 19.1 Å². The largest absolute Gasteiger partial charge is 0.496 e. The van der Waals surface area contributed by atoms with Crippen molar-refractivity contribution in [2.75, 3.05) is 19.0 Å². The van der Waals surface area contributed by atoms with Crippen LogP contribution in [0.3, 0.4) is 0 Å². The zero-order valence-electron chi connectivity index (χ0n) is 27.8. The Bertz CT molecular complexity index is 2470. The fraction of sp³-hybridized carbons (Fsp3) is 0.308. The number of thiophene rings is 1. The fourth-order valence-electron chi connectivity index (χ4n) is 8.95. The number of carbonyl (C=O) groups is 1. The van der Waals surface area contributed by atoms with Gasteiger partial charge in [0.05, 0.1) is 46.4 Å². The molecule has 256 valence electrons. The van der Waals surface area contributed by atoms with Crippen LogP contribution < -0.4 is 15.8 Å². The lowest BCUT2D eigenvalue weighted by molar-refractivity contribution is 0.0776. The maximum atomic E-state index is 14.3. The first kappa shape index (κ1) is 30.5. The number of H-pyrrole nitrogens is 1. The zero-order chi connectivity index (χ0) is 34.4. The molecule has 2 aromatic carbocycles. The van der Waals surface area contributed by atoms with Crippen LogP contribution >= 0.6 is 11.3 Å². The van der Waals surface area contributed by atoms with Crippen molar-refractivity contribution in [1.29, 1.82) is 0 Å². The maximum Gasteiger partial charge on any atom is 0.434 e. The first-order valence-electron chi connectivity index (χ1n) is 17.5. The van der Waals surface area contributed by atoms with E-state index < -0.39 is 5.76 Å². The van der Waals surface area contributed by atoms with E-state index >= 15 is 0 Å². The van der Waals surface area contributed by atoms with E-state index in [0.717, 1.165) is 81.9 Å². The lowest BCUT2D eigenvalue weighted by atomic mass is 9.89. The van der Waals surface area contributed by atoms with Crippen molar-refractivity contribution in [3.63, 3.8) is 0 Å². The number of hydrogen-bond donors (Lipinski definition) is 2. The Balaban J connectivity index is 1.15. The summed E-state index contributed by atoms with van der Waals surface area (Å²) in [5.74, 6) is 0.864. The van der Waals surface area contributed by atoms with Gasteiger partial charge in [-0.1, -0.05) is 18.2 Å². The van der Waals surface area contributed by atoms with Crippen molar-refractivity contribution in [1.82, 2.24) is 25.1 Å². The second-order valence-corrected chi connectivity index (χ2v) is 14.9. The Kier molecular flexibility index (Phi) is 6.92. The van der Waals surface area contributed by atoms with Crippen LogP contribution in [0.15, 0.2) is 63.9 Å². The zero-order valence-corrected chi connectivity index (χ0v) is 28.6. The molecule has 4 aliphatic rings. The maximum absolute atomic E-state index is 14.3. The van der Waals surface area contributed by atoms with Crippen molar-refractivity contribution >= 4 is 33.1 Å². The summed E-state index contributed by atoms with van der Waals surface area (Å²) in [5.41, 5.74) is 7.79. The number of anilines is 1. The molecular weight excluding hydrogens is 668 g/mol. The minimum absolute atomic E-state index is 0.0622. The molecule has 0 unspecified atom stereocenters. The molecule has 1 fully saturated rings. The predicted molar refractivity (Wildman–Crippen MR) is 191 cm³/mol. The number of aryl methyl sites for hydroxylation is 1. The van der Waals surface area contributed by atoms with Crippen molar-refractivity contribution in [3.8, 4) is 27.6 Å². The van der Waals surface area contributed by atoms with Crippen molar-refractivity contribution in [2.24, 2.45) is 0 Å². The van der Waals surface area contributed by atoms with E-state index in [2.05, 4.69) is 27.6 Å². The summed E-state index contributed by atoms with van der Waals surface area (Å²) in [6.07, 6.45) is 7.52. The summed E-state index contributed by atoms with van der Waals surface area (Å²) < 4.78 is 26.5. The number of hydrogen-bond acceptors (Lipinski definition) is 9. The van der Waals surface area contributed by atoms with Gasteiger partial charge < -0.3 is 19.4 Å². The number of aromatic nitrogens is 4. The van der Waals surface area contributed by atoms with Crippen LogP contribution in [0.2, 0.25) is 0 Å². The molecule has 51 heavy (non-hydrogen) atoms. The number of nitrogens with one attached hydrogen (secondary N) is 2. The Morgan fingerprint density at radius 3 is 2.84 bits per heavy atom. The van der Waals surface area contributed by atoms with Crippen LogP contribution in [0.1, 0.15) is 87.7 Å². The normalized spacial score (nSPS) is 20.2. The average Bonchev–Trinajstić information content (AvgIpc) is 3.99. The summed E-state index contributed by atoms with van der Waals surface area (Å²) in [5, 5.41) is 11.5. The minimum Gasteiger partial charge on any atom is -0.496 e. The van der Waals surface area contributed by atoms with Crippen molar-refractivity contribution in [3.05, 3.63) is 110 Å². The van der Waals surface area contributed by atoms with Crippen LogP contribution in [-0.2, 0) is 19.3 Å². The van der Waals surface area contributed by atoms with Crippen molar-refractivity contribution in [2.45, 2.75) is 62.9 Å². The summed E-state index contributed by atoms with van der Waals surface area (Å²) >= 11 is 1.56. The monoisotopic (exact) mass is 700 g/mol. The second kappa shape index (κ2) is 11.6. The number of rotatable bonds is 7. The minimum atomic E-state index is -0.684. The van der Waals surface area contributed by atoms with Gasteiger partial charge in [-0.15, -0.1) is 16.4 Å². The molecule has 2 N–H and O–H groups in total. The van der Waals surface area contributed by atoms with E-state index in [1.54, 1.807) is 30.7 Å². The molecular formula is C39H33FN6O4S. The summed E-state index contributed by atoms with van der Waals surface area (Å²) in [6.45, 7) is 0.668. The molecule has 0 radical (unpaired) electrons. The molecule has 0 spiro atoms. The number of benzene rings is 2. The molecule has 3 atom stereocenters. The first-order valence-corrected chi connectivity index (χ1v) is 18.3. The van der Waals surface area contributed by atoms with Gasteiger partial charge in [-0.2, -0.15) is 0 Å². The van der Waals surface area contributed by atoms with E-state index in [1.165, 1.54) is 17.2 Å². The van der Waals surface area contributed by atoms with Crippen LogP contribution in [0.4, 0.5) is 10.2 Å². The third-order valence-corrected chi connectivity index (χ3v) is 12.4. The highest BCUT2D eigenvalue weighted by molar-refractivity contribution is 7.23.